The summed E-state index contributed by atoms with van der Waals surface area (Å²) in [5.74, 6) is 0.556. The summed E-state index contributed by atoms with van der Waals surface area (Å²) in [4.78, 5) is 0.355. The van der Waals surface area contributed by atoms with Gasteiger partial charge in [0, 0.05) is 16.3 Å². The van der Waals surface area contributed by atoms with E-state index in [1.807, 2.05) is 0 Å². The van der Waals surface area contributed by atoms with Crippen molar-refractivity contribution in [2.75, 3.05) is 16.8 Å². The molecule has 1 saturated carbocycles. The zero-order valence-corrected chi connectivity index (χ0v) is 17.7. The van der Waals surface area contributed by atoms with Crippen LogP contribution in [0.2, 0.25) is 0 Å². The van der Waals surface area contributed by atoms with Gasteiger partial charge in [-0.15, -0.1) is 10.2 Å². The molecule has 5 nitrogen and oxygen atoms in total. The Balaban J connectivity index is 1.49. The molecule has 0 bridgehead atoms. The maximum atomic E-state index is 12.3. The smallest absolute Gasteiger partial charge is 0.206 e. The fourth-order valence-corrected chi connectivity index (χ4v) is 6.56. The van der Waals surface area contributed by atoms with Crippen molar-refractivity contribution in [2.45, 2.75) is 47.4 Å². The highest BCUT2D eigenvalue weighted by Crippen LogP contribution is 2.29. The standard InChI is InChI=1S/C16H20BrN3O2S3/c17-12-6-8-14(9-7-12)25(21,22)11-10-23-16-20-19-15(24-16)18-13-4-2-1-3-5-13/h6-9,13H,1-5,10-11H2,(H,18,19). The maximum Gasteiger partial charge on any atom is 0.206 e. The number of nitrogens with zero attached hydrogens (tertiary/aromatic N) is 2. The second-order valence-electron chi connectivity index (χ2n) is 5.97. The minimum atomic E-state index is -3.26. The summed E-state index contributed by atoms with van der Waals surface area (Å²) in [5.41, 5.74) is 0. The molecule has 1 aliphatic carbocycles. The zero-order valence-electron chi connectivity index (χ0n) is 13.7. The van der Waals surface area contributed by atoms with Crippen LogP contribution in [0.15, 0.2) is 38.0 Å². The van der Waals surface area contributed by atoms with Crippen molar-refractivity contribution < 1.29 is 8.42 Å². The van der Waals surface area contributed by atoms with Gasteiger partial charge < -0.3 is 5.32 Å². The van der Waals surface area contributed by atoms with Gasteiger partial charge in [-0.1, -0.05) is 58.3 Å². The molecule has 3 rings (SSSR count). The molecule has 1 N–H and O–H groups in total. The van der Waals surface area contributed by atoms with Gasteiger partial charge in [0.05, 0.1) is 10.6 Å². The molecule has 1 fully saturated rings. The van der Waals surface area contributed by atoms with Gasteiger partial charge in [-0.25, -0.2) is 8.42 Å². The first kappa shape index (κ1) is 19.1. The maximum absolute atomic E-state index is 12.3. The van der Waals surface area contributed by atoms with Gasteiger partial charge in [-0.05, 0) is 37.1 Å². The van der Waals surface area contributed by atoms with E-state index in [2.05, 4.69) is 31.4 Å². The molecule has 0 radical (unpaired) electrons. The summed E-state index contributed by atoms with van der Waals surface area (Å²) in [6.45, 7) is 0. The Hall–Kier alpha value is -0.640. The lowest BCUT2D eigenvalue weighted by Gasteiger charge is -2.21. The van der Waals surface area contributed by atoms with Crippen LogP contribution in [0.5, 0.6) is 0 Å². The van der Waals surface area contributed by atoms with Crippen LogP contribution in [-0.2, 0) is 9.84 Å². The zero-order chi connectivity index (χ0) is 17.7. The average Bonchev–Trinajstić information content (AvgIpc) is 3.03. The summed E-state index contributed by atoms with van der Waals surface area (Å²) in [6.07, 6.45) is 6.24. The number of hydrogen-bond donors (Lipinski definition) is 1. The summed E-state index contributed by atoms with van der Waals surface area (Å²) in [6, 6.07) is 7.24. The lowest BCUT2D eigenvalue weighted by Crippen LogP contribution is -2.21. The van der Waals surface area contributed by atoms with Crippen LogP contribution in [-0.4, -0.2) is 36.2 Å². The number of thioether (sulfide) groups is 1. The lowest BCUT2D eigenvalue weighted by atomic mass is 9.96. The highest BCUT2D eigenvalue weighted by Gasteiger charge is 2.17. The Labute approximate surface area is 165 Å². The third kappa shape index (κ3) is 5.67. The third-order valence-corrected chi connectivity index (χ3v) is 8.60. The summed E-state index contributed by atoms with van der Waals surface area (Å²) < 4.78 is 26.3. The highest BCUT2D eigenvalue weighted by molar-refractivity contribution is 9.10. The molecule has 0 aliphatic heterocycles. The number of rotatable bonds is 7. The van der Waals surface area contributed by atoms with Gasteiger partial charge in [0.15, 0.2) is 14.2 Å². The highest BCUT2D eigenvalue weighted by atomic mass is 79.9. The molecule has 9 heteroatoms. The monoisotopic (exact) mass is 461 g/mol. The van der Waals surface area contributed by atoms with E-state index < -0.39 is 9.84 Å². The fourth-order valence-electron chi connectivity index (χ4n) is 2.75. The van der Waals surface area contributed by atoms with Crippen molar-refractivity contribution in [2.24, 2.45) is 0 Å². The van der Waals surface area contributed by atoms with Gasteiger partial charge in [-0.3, -0.25) is 0 Å². The molecule has 1 aromatic carbocycles. The number of halogens is 1. The van der Waals surface area contributed by atoms with E-state index in [-0.39, 0.29) is 5.75 Å². The summed E-state index contributed by atoms with van der Waals surface area (Å²) >= 11 is 6.26. The van der Waals surface area contributed by atoms with Crippen LogP contribution in [0.4, 0.5) is 5.13 Å². The van der Waals surface area contributed by atoms with Crippen molar-refractivity contribution in [1.29, 1.82) is 0 Å². The number of hydrogen-bond acceptors (Lipinski definition) is 7. The van der Waals surface area contributed by atoms with E-state index >= 15 is 0 Å². The topological polar surface area (TPSA) is 72.0 Å². The van der Waals surface area contributed by atoms with Crippen molar-refractivity contribution in [3.05, 3.63) is 28.7 Å². The fraction of sp³-hybridized carbons (Fsp3) is 0.500. The number of nitrogens with one attached hydrogen (secondary N) is 1. The van der Waals surface area contributed by atoms with E-state index in [9.17, 15) is 8.42 Å². The van der Waals surface area contributed by atoms with Gasteiger partial charge in [0.1, 0.15) is 0 Å². The molecule has 0 spiro atoms. The molecule has 0 unspecified atom stereocenters. The summed E-state index contributed by atoms with van der Waals surface area (Å²) in [5, 5.41) is 12.6. The van der Waals surface area contributed by atoms with Crippen LogP contribution in [0.25, 0.3) is 0 Å². The lowest BCUT2D eigenvalue weighted by molar-refractivity contribution is 0.462. The van der Waals surface area contributed by atoms with Crippen LogP contribution in [0.3, 0.4) is 0 Å². The largest absolute Gasteiger partial charge is 0.357 e. The van der Waals surface area contributed by atoms with Gasteiger partial charge >= 0.3 is 0 Å². The SMILES string of the molecule is O=S(=O)(CCSc1nnc(NC2CCCCC2)s1)c1ccc(Br)cc1. The number of benzene rings is 1. The van der Waals surface area contributed by atoms with Crippen LogP contribution in [0.1, 0.15) is 32.1 Å². The van der Waals surface area contributed by atoms with Crippen LogP contribution >= 0.6 is 39.0 Å². The van der Waals surface area contributed by atoms with Crippen molar-refractivity contribution in [1.82, 2.24) is 10.2 Å². The van der Waals surface area contributed by atoms with Gasteiger partial charge in [0.25, 0.3) is 0 Å². The van der Waals surface area contributed by atoms with Crippen LogP contribution < -0.4 is 5.32 Å². The molecule has 0 saturated heterocycles. The predicted molar refractivity (Wildman–Crippen MR) is 107 cm³/mol. The van der Waals surface area contributed by atoms with E-state index in [0.29, 0.717) is 16.7 Å². The first-order chi connectivity index (χ1) is 12.0. The second kappa shape index (κ2) is 8.83. The van der Waals surface area contributed by atoms with Crippen molar-refractivity contribution in [3.63, 3.8) is 0 Å². The quantitative estimate of drug-likeness (QED) is 0.606. The van der Waals surface area contributed by atoms with E-state index in [4.69, 9.17) is 0 Å². The number of aromatic nitrogens is 2. The Morgan fingerprint density at radius 1 is 1.16 bits per heavy atom. The molecule has 25 heavy (non-hydrogen) atoms. The van der Waals surface area contributed by atoms with E-state index in [1.165, 1.54) is 55.2 Å². The third-order valence-electron chi connectivity index (χ3n) is 4.09. The molecule has 0 amide bonds. The van der Waals surface area contributed by atoms with Gasteiger partial charge in [-0.2, -0.15) is 0 Å². The first-order valence-corrected chi connectivity index (χ1v) is 12.5. The molecule has 1 aromatic heterocycles. The number of anilines is 1. The Kier molecular flexibility index (Phi) is 6.76. The van der Waals surface area contributed by atoms with Crippen molar-refractivity contribution in [3.8, 4) is 0 Å². The Morgan fingerprint density at radius 3 is 2.60 bits per heavy atom. The van der Waals surface area contributed by atoms with E-state index in [1.54, 1.807) is 24.3 Å². The van der Waals surface area contributed by atoms with Crippen LogP contribution in [0, 0.1) is 0 Å². The molecule has 2 aromatic rings. The molecule has 1 heterocycles. The normalized spacial score (nSPS) is 16.0. The summed E-state index contributed by atoms with van der Waals surface area (Å²) in [7, 11) is -3.26. The average molecular weight is 462 g/mol. The first-order valence-electron chi connectivity index (χ1n) is 8.24. The second-order valence-corrected chi connectivity index (χ2v) is 11.3. The Morgan fingerprint density at radius 2 is 1.88 bits per heavy atom. The number of sulfone groups is 1. The molecule has 1 aliphatic rings. The van der Waals surface area contributed by atoms with Crippen molar-refractivity contribution >= 4 is 54.0 Å². The van der Waals surface area contributed by atoms with Gasteiger partial charge in [0.2, 0.25) is 5.13 Å². The van der Waals surface area contributed by atoms with E-state index in [0.717, 1.165) is 13.9 Å². The predicted octanol–water partition coefficient (Wildman–Crippen LogP) is 4.61. The Bertz CT molecular complexity index is 787. The molecular formula is C16H20BrN3O2S3. The minimum absolute atomic E-state index is 0.0876. The molecule has 136 valence electrons. The molecule has 0 atom stereocenters. The minimum Gasteiger partial charge on any atom is -0.357 e. The molecular weight excluding hydrogens is 442 g/mol.